The van der Waals surface area contributed by atoms with E-state index in [1.54, 1.807) is 12.1 Å². The van der Waals surface area contributed by atoms with Gasteiger partial charge in [-0.3, -0.25) is 0 Å². The number of rotatable bonds is 5. The summed E-state index contributed by atoms with van der Waals surface area (Å²) in [4.78, 5) is 0.167. The number of nitrogens with two attached hydrogens (primary N) is 1. The second kappa shape index (κ2) is 6.79. The van der Waals surface area contributed by atoms with Crippen LogP contribution in [0.1, 0.15) is 16.7 Å². The number of benzene rings is 2. The normalized spacial score (nSPS) is 10.5. The smallest absolute Gasteiger partial charge is 0.124 e. The van der Waals surface area contributed by atoms with Crippen LogP contribution < -0.4 is 5.73 Å². The van der Waals surface area contributed by atoms with Gasteiger partial charge in [0.1, 0.15) is 10.8 Å². The summed E-state index contributed by atoms with van der Waals surface area (Å²) >= 11 is 10.7. The predicted molar refractivity (Wildman–Crippen MR) is 82.2 cm³/mol. The molecule has 0 saturated heterocycles. The first-order valence-electron chi connectivity index (χ1n) is 5.96. The third-order valence-corrected chi connectivity index (χ3v) is 3.14. The summed E-state index contributed by atoms with van der Waals surface area (Å²) in [5, 5.41) is 0.660. The van der Waals surface area contributed by atoms with Crippen molar-refractivity contribution >= 4 is 28.8 Å². The lowest BCUT2D eigenvalue weighted by molar-refractivity contribution is 0.107. The summed E-state index contributed by atoms with van der Waals surface area (Å²) in [6, 6.07) is 11.8. The molecule has 0 heterocycles. The predicted octanol–water partition coefficient (Wildman–Crippen LogP) is 3.83. The highest BCUT2D eigenvalue weighted by Crippen LogP contribution is 2.14. The zero-order chi connectivity index (χ0) is 14.5. The minimum Gasteiger partial charge on any atom is -0.389 e. The molecule has 0 bridgehead atoms. The van der Waals surface area contributed by atoms with Crippen LogP contribution in [0.4, 0.5) is 4.39 Å². The topological polar surface area (TPSA) is 35.2 Å². The molecule has 0 unspecified atom stereocenters. The second-order valence-corrected chi connectivity index (χ2v) is 5.21. The highest BCUT2D eigenvalue weighted by atomic mass is 35.5. The van der Waals surface area contributed by atoms with Gasteiger partial charge in [0, 0.05) is 10.6 Å². The van der Waals surface area contributed by atoms with Crippen molar-refractivity contribution in [1.82, 2.24) is 0 Å². The molecule has 0 amide bonds. The molecule has 0 fully saturated rings. The van der Waals surface area contributed by atoms with Gasteiger partial charge in [0.25, 0.3) is 0 Å². The Bertz CT molecular complexity index is 633. The summed E-state index contributed by atoms with van der Waals surface area (Å²) in [7, 11) is 0. The second-order valence-electron chi connectivity index (χ2n) is 4.34. The van der Waals surface area contributed by atoms with E-state index in [9.17, 15) is 4.39 Å². The van der Waals surface area contributed by atoms with E-state index in [0.29, 0.717) is 22.8 Å². The number of thiocarbonyl (C=S) groups is 1. The molecule has 0 aliphatic rings. The molecule has 2 aromatic carbocycles. The van der Waals surface area contributed by atoms with E-state index in [0.717, 1.165) is 5.56 Å². The lowest BCUT2D eigenvalue weighted by Crippen LogP contribution is -2.10. The molecule has 0 aromatic heterocycles. The van der Waals surface area contributed by atoms with Crippen molar-refractivity contribution < 1.29 is 9.13 Å². The van der Waals surface area contributed by atoms with E-state index >= 15 is 0 Å². The van der Waals surface area contributed by atoms with Gasteiger partial charge in [-0.15, -0.1) is 0 Å². The van der Waals surface area contributed by atoms with E-state index in [1.807, 2.05) is 18.2 Å². The van der Waals surface area contributed by atoms with Crippen LogP contribution in [0, 0.1) is 5.82 Å². The minimum absolute atomic E-state index is 0.167. The Morgan fingerprint density at radius 3 is 2.60 bits per heavy atom. The molecule has 20 heavy (non-hydrogen) atoms. The van der Waals surface area contributed by atoms with Gasteiger partial charge in [-0.1, -0.05) is 36.0 Å². The van der Waals surface area contributed by atoms with E-state index in [4.69, 9.17) is 34.3 Å². The molecular formula is C15H13ClFNOS. The van der Waals surface area contributed by atoms with Gasteiger partial charge in [-0.25, -0.2) is 4.39 Å². The van der Waals surface area contributed by atoms with Gasteiger partial charge < -0.3 is 10.5 Å². The highest BCUT2D eigenvalue weighted by molar-refractivity contribution is 7.80. The third kappa shape index (κ3) is 4.27. The molecule has 2 aromatic rings. The Morgan fingerprint density at radius 2 is 1.90 bits per heavy atom. The monoisotopic (exact) mass is 309 g/mol. The molecule has 0 atom stereocenters. The van der Waals surface area contributed by atoms with Gasteiger partial charge in [-0.2, -0.15) is 0 Å². The number of hydrogen-bond donors (Lipinski definition) is 1. The minimum atomic E-state index is -0.378. The van der Waals surface area contributed by atoms with Crippen LogP contribution in [-0.2, 0) is 18.0 Å². The Morgan fingerprint density at radius 1 is 1.15 bits per heavy atom. The molecule has 2 N–H and O–H groups in total. The van der Waals surface area contributed by atoms with Crippen LogP contribution in [-0.4, -0.2) is 4.99 Å². The summed E-state index contributed by atoms with van der Waals surface area (Å²) < 4.78 is 18.9. The van der Waals surface area contributed by atoms with Crippen molar-refractivity contribution in [3.63, 3.8) is 0 Å². The van der Waals surface area contributed by atoms with Gasteiger partial charge in [0.2, 0.25) is 0 Å². The molecule has 0 spiro atoms. The first-order chi connectivity index (χ1) is 9.54. The fourth-order valence-corrected chi connectivity index (χ4v) is 2.12. The van der Waals surface area contributed by atoms with Gasteiger partial charge in [0.05, 0.1) is 13.2 Å². The Labute approximate surface area is 127 Å². The summed E-state index contributed by atoms with van der Waals surface area (Å²) in [5.74, 6) is -0.378. The van der Waals surface area contributed by atoms with Gasteiger partial charge >= 0.3 is 0 Å². The fraction of sp³-hybridized carbons (Fsp3) is 0.133. The molecule has 2 nitrogen and oxygen atoms in total. The van der Waals surface area contributed by atoms with Crippen LogP contribution >= 0.6 is 23.8 Å². The van der Waals surface area contributed by atoms with Crippen LogP contribution in [0.15, 0.2) is 42.5 Å². The Hall–Kier alpha value is -1.49. The van der Waals surface area contributed by atoms with Gasteiger partial charge in [0.15, 0.2) is 0 Å². The quantitative estimate of drug-likeness (QED) is 0.853. The lowest BCUT2D eigenvalue weighted by Gasteiger charge is -2.07. The molecule has 104 valence electrons. The van der Waals surface area contributed by atoms with E-state index in [2.05, 4.69) is 0 Å². The van der Waals surface area contributed by atoms with E-state index < -0.39 is 0 Å². The molecular weight excluding hydrogens is 297 g/mol. The first kappa shape index (κ1) is 14.9. The largest absolute Gasteiger partial charge is 0.389 e. The number of halogens is 2. The average Bonchev–Trinajstić information content (AvgIpc) is 2.38. The van der Waals surface area contributed by atoms with E-state index in [-0.39, 0.29) is 17.4 Å². The van der Waals surface area contributed by atoms with Crippen LogP contribution in [0.2, 0.25) is 5.02 Å². The molecule has 0 saturated carbocycles. The standard InChI is InChI=1S/C15H13ClFNOS/c16-13-3-1-2-10(5-13)8-19-9-11-4-12(15(18)20)7-14(17)6-11/h1-7H,8-9H2,(H2,18,20). The Kier molecular flexibility index (Phi) is 5.06. The lowest BCUT2D eigenvalue weighted by atomic mass is 10.1. The van der Waals surface area contributed by atoms with Crippen molar-refractivity contribution in [3.8, 4) is 0 Å². The van der Waals surface area contributed by atoms with Crippen LogP contribution in [0.3, 0.4) is 0 Å². The summed E-state index contributed by atoms with van der Waals surface area (Å²) in [6.45, 7) is 0.680. The number of hydrogen-bond acceptors (Lipinski definition) is 2. The number of ether oxygens (including phenoxy) is 1. The summed E-state index contributed by atoms with van der Waals surface area (Å²) in [5.41, 5.74) is 7.65. The van der Waals surface area contributed by atoms with Crippen molar-refractivity contribution in [2.24, 2.45) is 5.73 Å². The maximum atomic E-state index is 13.4. The third-order valence-electron chi connectivity index (χ3n) is 2.67. The SMILES string of the molecule is NC(=S)c1cc(F)cc(COCc2cccc(Cl)c2)c1. The molecule has 2 rings (SSSR count). The van der Waals surface area contributed by atoms with Crippen molar-refractivity contribution in [2.75, 3.05) is 0 Å². The van der Waals surface area contributed by atoms with Crippen molar-refractivity contribution in [3.05, 3.63) is 70.0 Å². The first-order valence-corrected chi connectivity index (χ1v) is 6.74. The average molecular weight is 310 g/mol. The Balaban J connectivity index is 1.99. The maximum Gasteiger partial charge on any atom is 0.124 e. The van der Waals surface area contributed by atoms with Crippen LogP contribution in [0.25, 0.3) is 0 Å². The zero-order valence-corrected chi connectivity index (χ0v) is 12.2. The fourth-order valence-electron chi connectivity index (χ4n) is 1.79. The zero-order valence-electron chi connectivity index (χ0n) is 10.6. The van der Waals surface area contributed by atoms with Gasteiger partial charge in [-0.05, 0) is 41.5 Å². The maximum absolute atomic E-state index is 13.4. The molecule has 5 heteroatoms. The highest BCUT2D eigenvalue weighted by Gasteiger charge is 2.04. The van der Waals surface area contributed by atoms with Crippen molar-refractivity contribution in [2.45, 2.75) is 13.2 Å². The van der Waals surface area contributed by atoms with Crippen LogP contribution in [0.5, 0.6) is 0 Å². The summed E-state index contributed by atoms with van der Waals surface area (Å²) in [6.07, 6.45) is 0. The van der Waals surface area contributed by atoms with E-state index in [1.165, 1.54) is 12.1 Å². The molecule has 0 aliphatic heterocycles. The molecule has 0 radical (unpaired) electrons. The molecule has 0 aliphatic carbocycles. The van der Waals surface area contributed by atoms with Crippen molar-refractivity contribution in [1.29, 1.82) is 0 Å².